The van der Waals surface area contributed by atoms with Crippen molar-refractivity contribution in [2.45, 2.75) is 32.0 Å². The van der Waals surface area contributed by atoms with E-state index in [1.54, 1.807) is 36.7 Å². The number of ketones is 1. The first-order valence-electron chi connectivity index (χ1n) is 11.0. The van der Waals surface area contributed by atoms with Crippen LogP contribution in [0.25, 0.3) is 11.4 Å². The van der Waals surface area contributed by atoms with E-state index in [0.29, 0.717) is 18.1 Å². The molecule has 0 saturated heterocycles. The number of aromatic nitrogens is 6. The third-order valence-electron chi connectivity index (χ3n) is 5.18. The molecule has 2 aromatic heterocycles. The van der Waals surface area contributed by atoms with Gasteiger partial charge in [-0.15, -0.1) is 22.6 Å². The average Bonchev–Trinajstić information content (AvgIpc) is 3.56. The predicted molar refractivity (Wildman–Crippen MR) is 133 cm³/mol. The highest BCUT2D eigenvalue weighted by Crippen LogP contribution is 2.21. The lowest BCUT2D eigenvalue weighted by atomic mass is 10.0. The Morgan fingerprint density at radius 3 is 2.57 bits per heavy atom. The molecule has 1 atom stereocenters. The maximum atomic E-state index is 12.8. The summed E-state index contributed by atoms with van der Waals surface area (Å²) >= 11 is 0. The van der Waals surface area contributed by atoms with Crippen LogP contribution in [0, 0.1) is 0 Å². The van der Waals surface area contributed by atoms with Crippen molar-refractivity contribution < 1.29 is 24.2 Å². The Morgan fingerprint density at radius 1 is 1.08 bits per heavy atom. The Morgan fingerprint density at radius 2 is 1.84 bits per heavy atom. The standard InChI is InChI=1S/C24H23N7O5.ClH/c32-20(19(13-22(33)34)27-24(35)36-15-16-6-2-1-3-7-16)14-31-29-21(28-30-31)12-17-8-4-5-9-18(17)23-25-10-11-26-23;/h1-11,19H,12-15H2,(H,25,26)(H,27,35)(H,33,34);1H. The minimum absolute atomic E-state index is 0. The van der Waals surface area contributed by atoms with Gasteiger partial charge in [0.25, 0.3) is 0 Å². The van der Waals surface area contributed by atoms with E-state index in [-0.39, 0.29) is 25.6 Å². The normalized spacial score (nSPS) is 11.2. The first-order chi connectivity index (χ1) is 17.5. The van der Waals surface area contributed by atoms with Gasteiger partial charge in [0.05, 0.1) is 6.42 Å². The largest absolute Gasteiger partial charge is 0.481 e. The predicted octanol–water partition coefficient (Wildman–Crippen LogP) is 2.41. The summed E-state index contributed by atoms with van der Waals surface area (Å²) in [5, 5.41) is 23.6. The van der Waals surface area contributed by atoms with E-state index in [4.69, 9.17) is 4.74 Å². The molecule has 13 heteroatoms. The van der Waals surface area contributed by atoms with Crippen molar-refractivity contribution in [2.75, 3.05) is 0 Å². The van der Waals surface area contributed by atoms with Crippen molar-refractivity contribution in [3.63, 3.8) is 0 Å². The number of benzene rings is 2. The molecule has 0 radical (unpaired) electrons. The second kappa shape index (κ2) is 12.9. The molecule has 1 amide bonds. The van der Waals surface area contributed by atoms with E-state index in [2.05, 4.69) is 30.7 Å². The number of imidazole rings is 1. The topological polar surface area (TPSA) is 165 Å². The molecule has 3 N–H and O–H groups in total. The fourth-order valence-corrected chi connectivity index (χ4v) is 3.48. The maximum Gasteiger partial charge on any atom is 0.408 e. The first kappa shape index (κ1) is 27.0. The molecule has 2 heterocycles. The van der Waals surface area contributed by atoms with Crippen LogP contribution in [0.3, 0.4) is 0 Å². The smallest absolute Gasteiger partial charge is 0.408 e. The molecular formula is C24H24ClN7O5. The number of ether oxygens (including phenoxy) is 1. The van der Waals surface area contributed by atoms with Gasteiger partial charge in [0, 0.05) is 24.4 Å². The molecule has 37 heavy (non-hydrogen) atoms. The fourth-order valence-electron chi connectivity index (χ4n) is 3.48. The molecule has 0 aliphatic rings. The van der Waals surface area contributed by atoms with E-state index in [1.807, 2.05) is 30.3 Å². The summed E-state index contributed by atoms with van der Waals surface area (Å²) in [5.74, 6) is -0.783. The van der Waals surface area contributed by atoms with Crippen LogP contribution in [0.5, 0.6) is 0 Å². The number of aliphatic carboxylic acids is 1. The number of carboxylic acids is 1. The molecule has 0 aliphatic carbocycles. The van der Waals surface area contributed by atoms with Crippen molar-refractivity contribution in [1.82, 2.24) is 35.5 Å². The lowest BCUT2D eigenvalue weighted by Gasteiger charge is -2.15. The van der Waals surface area contributed by atoms with E-state index >= 15 is 0 Å². The highest BCUT2D eigenvalue weighted by atomic mass is 35.5. The molecular weight excluding hydrogens is 502 g/mol. The van der Waals surface area contributed by atoms with Crippen LogP contribution in [0.1, 0.15) is 23.4 Å². The molecule has 0 aliphatic heterocycles. The zero-order valence-electron chi connectivity index (χ0n) is 19.5. The van der Waals surface area contributed by atoms with Gasteiger partial charge in [0.15, 0.2) is 11.6 Å². The van der Waals surface area contributed by atoms with Crippen LogP contribution in [0.4, 0.5) is 4.79 Å². The van der Waals surface area contributed by atoms with Crippen LogP contribution < -0.4 is 5.32 Å². The first-order valence-corrected chi connectivity index (χ1v) is 11.0. The van der Waals surface area contributed by atoms with E-state index < -0.39 is 30.3 Å². The number of aromatic amines is 1. The highest BCUT2D eigenvalue weighted by Gasteiger charge is 2.25. The summed E-state index contributed by atoms with van der Waals surface area (Å²) in [4.78, 5) is 44.6. The van der Waals surface area contributed by atoms with Crippen molar-refractivity contribution >= 4 is 30.3 Å². The van der Waals surface area contributed by atoms with Gasteiger partial charge in [-0.05, 0) is 16.3 Å². The number of hydrogen-bond donors (Lipinski definition) is 3. The molecule has 2 aromatic carbocycles. The van der Waals surface area contributed by atoms with Crippen molar-refractivity contribution in [3.05, 3.63) is 83.9 Å². The zero-order valence-corrected chi connectivity index (χ0v) is 20.3. The minimum atomic E-state index is -1.32. The quantitative estimate of drug-likeness (QED) is 0.266. The molecule has 0 saturated carbocycles. The number of alkyl carbamates (subject to hydrolysis) is 1. The number of carboxylic acid groups (broad SMARTS) is 1. The van der Waals surface area contributed by atoms with Crippen molar-refractivity contribution in [3.8, 4) is 11.4 Å². The number of nitrogens with one attached hydrogen (secondary N) is 2. The summed E-state index contributed by atoms with van der Waals surface area (Å²) in [6.45, 7) is -0.391. The van der Waals surface area contributed by atoms with Crippen LogP contribution in [-0.4, -0.2) is 59.2 Å². The second-order valence-corrected chi connectivity index (χ2v) is 7.83. The number of Topliss-reactive ketones (excluding diaryl/α,β-unsaturated/α-hetero) is 1. The number of halogens is 1. The number of rotatable bonds is 11. The average molecular weight is 526 g/mol. The van der Waals surface area contributed by atoms with Gasteiger partial charge in [0.1, 0.15) is 25.0 Å². The summed E-state index contributed by atoms with van der Waals surface area (Å²) in [5.41, 5.74) is 2.54. The van der Waals surface area contributed by atoms with Gasteiger partial charge in [-0.1, -0.05) is 54.6 Å². The van der Waals surface area contributed by atoms with E-state index in [1.165, 1.54) is 0 Å². The molecule has 1 unspecified atom stereocenters. The third-order valence-corrected chi connectivity index (χ3v) is 5.18. The molecule has 4 rings (SSSR count). The molecule has 0 bridgehead atoms. The second-order valence-electron chi connectivity index (χ2n) is 7.83. The molecule has 192 valence electrons. The number of carbonyl (C=O) groups is 3. The van der Waals surface area contributed by atoms with Crippen LogP contribution in [-0.2, 0) is 33.9 Å². The Balaban J connectivity index is 0.00000380. The Kier molecular flexibility index (Phi) is 9.44. The molecule has 12 nitrogen and oxygen atoms in total. The monoisotopic (exact) mass is 525 g/mol. The molecule has 4 aromatic rings. The number of amides is 1. The lowest BCUT2D eigenvalue weighted by molar-refractivity contribution is -0.139. The maximum absolute atomic E-state index is 12.8. The summed E-state index contributed by atoms with van der Waals surface area (Å²) in [7, 11) is 0. The van der Waals surface area contributed by atoms with E-state index in [0.717, 1.165) is 21.5 Å². The SMILES string of the molecule is Cl.O=C(O)CC(NC(=O)OCc1ccccc1)C(=O)Cn1nnc(Cc2ccccc2-c2ncc[nH]2)n1. The van der Waals surface area contributed by atoms with Gasteiger partial charge in [-0.25, -0.2) is 9.78 Å². The number of carbonyl (C=O) groups excluding carboxylic acids is 2. The van der Waals surface area contributed by atoms with Gasteiger partial charge in [-0.2, -0.15) is 4.80 Å². The molecule has 0 spiro atoms. The van der Waals surface area contributed by atoms with Gasteiger partial charge >= 0.3 is 12.1 Å². The van der Waals surface area contributed by atoms with E-state index in [9.17, 15) is 19.5 Å². The third kappa shape index (κ3) is 7.70. The Bertz CT molecular complexity index is 1330. The van der Waals surface area contributed by atoms with Crippen LogP contribution in [0.2, 0.25) is 0 Å². The van der Waals surface area contributed by atoms with Crippen molar-refractivity contribution in [2.24, 2.45) is 0 Å². The van der Waals surface area contributed by atoms with Crippen LogP contribution in [0.15, 0.2) is 67.0 Å². The summed E-state index contributed by atoms with van der Waals surface area (Å²) < 4.78 is 5.10. The Labute approximate surface area is 217 Å². The fraction of sp³-hybridized carbons (Fsp3) is 0.208. The lowest BCUT2D eigenvalue weighted by Crippen LogP contribution is -2.44. The minimum Gasteiger partial charge on any atom is -0.481 e. The highest BCUT2D eigenvalue weighted by molar-refractivity contribution is 5.90. The number of nitrogens with zero attached hydrogens (tertiary/aromatic N) is 5. The summed E-state index contributed by atoms with van der Waals surface area (Å²) in [6, 6.07) is 15.2. The number of hydrogen-bond acceptors (Lipinski definition) is 8. The molecule has 0 fully saturated rings. The van der Waals surface area contributed by atoms with Crippen molar-refractivity contribution in [1.29, 1.82) is 0 Å². The van der Waals surface area contributed by atoms with Crippen LogP contribution >= 0.6 is 12.4 Å². The Hall–Kier alpha value is -4.58. The van der Waals surface area contributed by atoms with Gasteiger partial charge in [0.2, 0.25) is 0 Å². The zero-order chi connectivity index (χ0) is 25.3. The number of H-pyrrole nitrogens is 1. The van der Waals surface area contributed by atoms with Gasteiger partial charge < -0.3 is 20.1 Å². The number of tetrazole rings is 1. The summed E-state index contributed by atoms with van der Waals surface area (Å²) in [6.07, 6.45) is 2.21. The van der Waals surface area contributed by atoms with Gasteiger partial charge in [-0.3, -0.25) is 9.59 Å².